The number of aryl methyl sites for hydroxylation is 2. The van der Waals surface area contributed by atoms with Gasteiger partial charge in [0.15, 0.2) is 0 Å². The Morgan fingerprint density at radius 2 is 1.77 bits per heavy atom. The van der Waals surface area contributed by atoms with Crippen molar-refractivity contribution < 1.29 is 19.1 Å². The van der Waals surface area contributed by atoms with E-state index >= 15 is 0 Å². The molecule has 8 nitrogen and oxygen atoms in total. The summed E-state index contributed by atoms with van der Waals surface area (Å²) in [6.45, 7) is 3.82. The maximum Gasteiger partial charge on any atom is 0.317 e. The number of methoxy groups -OCH3 is 1. The molecule has 0 saturated heterocycles. The summed E-state index contributed by atoms with van der Waals surface area (Å²) in [4.78, 5) is 57.0. The highest BCUT2D eigenvalue weighted by Gasteiger charge is 2.34. The number of carbonyl (C=O) groups is 3. The predicted octanol–water partition coefficient (Wildman–Crippen LogP) is 2.84. The van der Waals surface area contributed by atoms with Crippen LogP contribution in [0.3, 0.4) is 0 Å². The standard InChI is InChI=1S/C22H20BrN3O5/c1-11-8-16-17(9-12(11)2)26-20(28)18(25-16)10-15(22(30)31-3)19(27)21(29)24-14-6-4-13(23)5-7-14/h4-9,15H,10H2,1-3H3,(H,24,29)(H,26,28)/t15-/m0/s1. The number of rotatable bonds is 6. The minimum atomic E-state index is -1.50. The predicted molar refractivity (Wildman–Crippen MR) is 119 cm³/mol. The second-order valence-electron chi connectivity index (χ2n) is 7.07. The Bertz CT molecular complexity index is 1230. The fourth-order valence-electron chi connectivity index (χ4n) is 3.03. The van der Waals surface area contributed by atoms with E-state index in [1.165, 1.54) is 0 Å². The van der Waals surface area contributed by atoms with Gasteiger partial charge < -0.3 is 15.0 Å². The Hall–Kier alpha value is -3.33. The molecule has 2 N–H and O–H groups in total. The van der Waals surface area contributed by atoms with Gasteiger partial charge in [0.1, 0.15) is 11.6 Å². The Morgan fingerprint density at radius 3 is 2.42 bits per heavy atom. The smallest absolute Gasteiger partial charge is 0.317 e. The first-order chi connectivity index (χ1) is 14.7. The molecule has 9 heteroatoms. The zero-order valence-electron chi connectivity index (χ0n) is 17.1. The van der Waals surface area contributed by atoms with Gasteiger partial charge in [0.25, 0.3) is 11.5 Å². The first-order valence-electron chi connectivity index (χ1n) is 9.38. The van der Waals surface area contributed by atoms with Crippen molar-refractivity contribution in [3.8, 4) is 0 Å². The minimum absolute atomic E-state index is 0.0315. The molecular weight excluding hydrogens is 466 g/mol. The average molecular weight is 486 g/mol. The minimum Gasteiger partial charge on any atom is -0.468 e. The van der Waals surface area contributed by atoms with Crippen LogP contribution in [-0.2, 0) is 25.5 Å². The van der Waals surface area contributed by atoms with Gasteiger partial charge in [-0.1, -0.05) is 15.9 Å². The number of fused-ring (bicyclic) bond motifs is 1. The van der Waals surface area contributed by atoms with E-state index in [4.69, 9.17) is 4.74 Å². The largest absolute Gasteiger partial charge is 0.468 e. The summed E-state index contributed by atoms with van der Waals surface area (Å²) in [5.41, 5.74) is 2.86. The molecule has 3 aromatic rings. The van der Waals surface area contributed by atoms with E-state index in [0.29, 0.717) is 16.7 Å². The zero-order valence-corrected chi connectivity index (χ0v) is 18.7. The highest BCUT2D eigenvalue weighted by Crippen LogP contribution is 2.18. The highest BCUT2D eigenvalue weighted by atomic mass is 79.9. The maximum atomic E-state index is 12.7. The molecule has 0 spiro atoms. The van der Waals surface area contributed by atoms with Crippen LogP contribution in [0.25, 0.3) is 11.0 Å². The second-order valence-corrected chi connectivity index (χ2v) is 7.99. The van der Waals surface area contributed by atoms with Crippen LogP contribution in [-0.4, -0.2) is 34.7 Å². The molecule has 0 radical (unpaired) electrons. The molecule has 0 saturated carbocycles. The third kappa shape index (κ3) is 5.05. The molecule has 0 fully saturated rings. The lowest BCUT2D eigenvalue weighted by molar-refractivity contribution is -0.152. The Kier molecular flexibility index (Phi) is 6.65. The number of hydrogen-bond acceptors (Lipinski definition) is 6. The number of halogens is 1. The fraction of sp³-hybridized carbons (Fsp3) is 0.227. The van der Waals surface area contributed by atoms with Gasteiger partial charge in [0, 0.05) is 16.6 Å². The van der Waals surface area contributed by atoms with Crippen LogP contribution in [0.2, 0.25) is 0 Å². The van der Waals surface area contributed by atoms with Crippen molar-refractivity contribution in [3.05, 3.63) is 68.0 Å². The lowest BCUT2D eigenvalue weighted by atomic mass is 9.97. The number of esters is 1. The van der Waals surface area contributed by atoms with Crippen LogP contribution < -0.4 is 10.9 Å². The number of carbonyl (C=O) groups excluding carboxylic acids is 3. The van der Waals surface area contributed by atoms with Gasteiger partial charge in [-0.3, -0.25) is 19.2 Å². The maximum absolute atomic E-state index is 12.7. The number of H-pyrrole nitrogens is 1. The highest BCUT2D eigenvalue weighted by molar-refractivity contribution is 9.10. The summed E-state index contributed by atoms with van der Waals surface area (Å²) in [5.74, 6) is -4.42. The molecule has 0 aliphatic carbocycles. The first kappa shape index (κ1) is 22.4. The number of aromatic nitrogens is 2. The molecule has 160 valence electrons. The van der Waals surface area contributed by atoms with Crippen LogP contribution >= 0.6 is 15.9 Å². The molecule has 0 aliphatic heterocycles. The van der Waals surface area contributed by atoms with Gasteiger partial charge in [0.05, 0.1) is 18.1 Å². The molecular formula is C22H20BrN3O5. The molecule has 0 unspecified atom stereocenters. The third-order valence-corrected chi connectivity index (χ3v) is 5.43. The van der Waals surface area contributed by atoms with Crippen LogP contribution in [0.1, 0.15) is 16.8 Å². The van der Waals surface area contributed by atoms with E-state index in [1.54, 1.807) is 36.4 Å². The van der Waals surface area contributed by atoms with Gasteiger partial charge in [-0.25, -0.2) is 4.98 Å². The van der Waals surface area contributed by atoms with Crippen molar-refractivity contribution in [1.82, 2.24) is 9.97 Å². The van der Waals surface area contributed by atoms with Gasteiger partial charge >= 0.3 is 5.97 Å². The molecule has 0 aliphatic rings. The number of benzene rings is 2. The monoisotopic (exact) mass is 485 g/mol. The number of Topliss-reactive ketones (excluding diaryl/α,β-unsaturated/α-hetero) is 1. The molecule has 31 heavy (non-hydrogen) atoms. The van der Waals surface area contributed by atoms with Gasteiger partial charge in [-0.2, -0.15) is 0 Å². The van der Waals surface area contributed by atoms with Gasteiger partial charge in [-0.05, 0) is 61.4 Å². The van der Waals surface area contributed by atoms with Crippen LogP contribution in [0.15, 0.2) is 45.7 Å². The molecule has 1 heterocycles. The van der Waals surface area contributed by atoms with Crippen LogP contribution in [0.4, 0.5) is 5.69 Å². The number of amides is 1. The number of nitrogens with zero attached hydrogens (tertiary/aromatic N) is 1. The summed E-state index contributed by atoms with van der Waals surface area (Å²) in [5, 5.41) is 2.45. The van der Waals surface area contributed by atoms with E-state index in [1.807, 2.05) is 13.8 Å². The SMILES string of the molecule is COC(=O)[C@@H](Cc1nc2cc(C)c(C)cc2[nH]c1=O)C(=O)C(=O)Nc1ccc(Br)cc1. The summed E-state index contributed by atoms with van der Waals surface area (Å²) >= 11 is 3.28. The van der Waals surface area contributed by atoms with Crippen molar-refractivity contribution in [2.75, 3.05) is 12.4 Å². The fourth-order valence-corrected chi connectivity index (χ4v) is 3.29. The van der Waals surface area contributed by atoms with Gasteiger partial charge in [-0.15, -0.1) is 0 Å². The normalized spacial score (nSPS) is 11.7. The summed E-state index contributed by atoms with van der Waals surface area (Å²) in [6, 6.07) is 10.2. The molecule has 2 aromatic carbocycles. The molecule has 1 atom stereocenters. The molecule has 1 amide bonds. The van der Waals surface area contributed by atoms with Crippen molar-refractivity contribution in [2.45, 2.75) is 20.3 Å². The van der Waals surface area contributed by atoms with Crippen molar-refractivity contribution >= 4 is 50.3 Å². The lowest BCUT2D eigenvalue weighted by Gasteiger charge is -2.13. The summed E-state index contributed by atoms with van der Waals surface area (Å²) in [6.07, 6.45) is -0.364. The van der Waals surface area contributed by atoms with E-state index in [0.717, 1.165) is 22.7 Å². The zero-order chi connectivity index (χ0) is 22.7. The number of anilines is 1. The first-order valence-corrected chi connectivity index (χ1v) is 10.2. The molecule has 3 rings (SSSR count). The summed E-state index contributed by atoms with van der Waals surface area (Å²) < 4.78 is 5.50. The van der Waals surface area contributed by atoms with Crippen LogP contribution in [0.5, 0.6) is 0 Å². The quantitative estimate of drug-likeness (QED) is 0.314. The van der Waals surface area contributed by atoms with Crippen LogP contribution in [0, 0.1) is 19.8 Å². The van der Waals surface area contributed by atoms with E-state index in [-0.39, 0.29) is 12.1 Å². The Balaban J connectivity index is 1.89. The second kappa shape index (κ2) is 9.22. The Labute approximate surface area is 186 Å². The van der Waals surface area contributed by atoms with E-state index in [9.17, 15) is 19.2 Å². The number of ketones is 1. The van der Waals surface area contributed by atoms with Crippen molar-refractivity contribution in [1.29, 1.82) is 0 Å². The van der Waals surface area contributed by atoms with Gasteiger partial charge in [0.2, 0.25) is 5.78 Å². The third-order valence-electron chi connectivity index (χ3n) is 4.90. The molecule has 1 aromatic heterocycles. The van der Waals surface area contributed by atoms with Crippen molar-refractivity contribution in [2.24, 2.45) is 5.92 Å². The number of ether oxygens (including phenoxy) is 1. The average Bonchev–Trinajstić information content (AvgIpc) is 2.74. The molecule has 0 bridgehead atoms. The number of aromatic amines is 1. The topological polar surface area (TPSA) is 118 Å². The number of nitrogens with one attached hydrogen (secondary N) is 2. The Morgan fingerprint density at radius 1 is 1.13 bits per heavy atom. The number of hydrogen-bond donors (Lipinski definition) is 2. The van der Waals surface area contributed by atoms with Crippen molar-refractivity contribution in [3.63, 3.8) is 0 Å². The summed E-state index contributed by atoms with van der Waals surface area (Å²) in [7, 11) is 1.11. The lowest BCUT2D eigenvalue weighted by Crippen LogP contribution is -2.37. The van der Waals surface area contributed by atoms with E-state index in [2.05, 4.69) is 31.2 Å². The van der Waals surface area contributed by atoms with E-state index < -0.39 is 29.1 Å².